The van der Waals surface area contributed by atoms with Crippen LogP contribution in [0.4, 0.5) is 10.2 Å². The van der Waals surface area contributed by atoms with Crippen LogP contribution in [0.1, 0.15) is 55.0 Å². The molecule has 242 valence electrons. The minimum atomic E-state index is -4.21. The topological polar surface area (TPSA) is 121 Å². The van der Waals surface area contributed by atoms with E-state index in [1.54, 1.807) is 54.8 Å². The minimum absolute atomic E-state index is 0.0549. The molecular weight excluding hydrogens is 633 g/mol. The van der Waals surface area contributed by atoms with Gasteiger partial charge in [-0.05, 0) is 74.2 Å². The number of nitrogens with one attached hydrogen (secondary N) is 1. The van der Waals surface area contributed by atoms with E-state index in [1.807, 2.05) is 13.0 Å². The van der Waals surface area contributed by atoms with Crippen LogP contribution in [0.5, 0.6) is 0 Å². The maximum absolute atomic E-state index is 14.7. The lowest BCUT2D eigenvalue weighted by molar-refractivity contribution is 0.134. The highest BCUT2D eigenvalue weighted by molar-refractivity contribution is 7.92. The van der Waals surface area contributed by atoms with Crippen molar-refractivity contribution in [2.45, 2.75) is 65.0 Å². The second-order valence-corrected chi connectivity index (χ2v) is 12.9. The van der Waals surface area contributed by atoms with E-state index in [1.165, 1.54) is 16.8 Å². The summed E-state index contributed by atoms with van der Waals surface area (Å²) in [6.07, 6.45) is 2.35. The lowest BCUT2D eigenvalue weighted by Gasteiger charge is -2.17. The second kappa shape index (κ2) is 14.0. The number of unbranched alkanes of at least 4 members (excludes halogenated alkanes) is 1. The molecule has 2 heterocycles. The summed E-state index contributed by atoms with van der Waals surface area (Å²) in [5.74, 6) is 0.540. The third-order valence-corrected chi connectivity index (χ3v) is 9.37. The van der Waals surface area contributed by atoms with E-state index in [9.17, 15) is 17.6 Å². The molecule has 0 bridgehead atoms. The summed E-state index contributed by atoms with van der Waals surface area (Å²) in [5, 5.41) is 8.85. The number of rotatable bonds is 13. The molecule has 0 fully saturated rings. The van der Waals surface area contributed by atoms with Crippen LogP contribution in [0.3, 0.4) is 0 Å². The van der Waals surface area contributed by atoms with E-state index in [4.69, 9.17) is 20.9 Å². The lowest BCUT2D eigenvalue weighted by Crippen LogP contribution is -2.25. The molecule has 0 aliphatic heterocycles. The number of hydrogen-bond donors (Lipinski definition) is 1. The molecule has 5 aromatic rings. The SMILES string of the molecule is CCCCc1nn(-c2ccccc2Cl)c(=O)n1Cc1ccc(-c2cc(F)ccc2S(=O)(=O)Nc2noc(C)c2C)c(COCC)c1. The number of anilines is 1. The molecule has 0 aliphatic rings. The minimum Gasteiger partial charge on any atom is -0.377 e. The van der Waals surface area contributed by atoms with Gasteiger partial charge in [0.25, 0.3) is 10.0 Å². The molecule has 1 N–H and O–H groups in total. The Morgan fingerprint density at radius 2 is 1.83 bits per heavy atom. The van der Waals surface area contributed by atoms with Crippen molar-refractivity contribution in [1.82, 2.24) is 19.5 Å². The molecule has 5 rings (SSSR count). The molecule has 0 spiro atoms. The highest BCUT2D eigenvalue weighted by Crippen LogP contribution is 2.34. The first kappa shape index (κ1) is 33.1. The third-order valence-electron chi connectivity index (χ3n) is 7.66. The van der Waals surface area contributed by atoms with Crippen molar-refractivity contribution < 1.29 is 22.1 Å². The molecule has 13 heteroatoms. The molecule has 10 nitrogen and oxygen atoms in total. The van der Waals surface area contributed by atoms with Crippen molar-refractivity contribution in [3.8, 4) is 16.8 Å². The van der Waals surface area contributed by atoms with Crippen LogP contribution in [0, 0.1) is 19.7 Å². The number of hydrogen-bond acceptors (Lipinski definition) is 7. The van der Waals surface area contributed by atoms with Crippen LogP contribution in [0.25, 0.3) is 16.8 Å². The lowest BCUT2D eigenvalue weighted by atomic mass is 9.97. The highest BCUT2D eigenvalue weighted by Gasteiger charge is 2.25. The zero-order chi connectivity index (χ0) is 33.0. The fraction of sp³-hybridized carbons (Fsp3) is 0.303. The molecule has 2 aromatic heterocycles. The van der Waals surface area contributed by atoms with Gasteiger partial charge in [0.1, 0.15) is 17.4 Å². The normalized spacial score (nSPS) is 11.7. The van der Waals surface area contributed by atoms with Gasteiger partial charge in [-0.25, -0.2) is 17.6 Å². The summed E-state index contributed by atoms with van der Waals surface area (Å²) in [6, 6.07) is 15.9. The van der Waals surface area contributed by atoms with E-state index >= 15 is 0 Å². The van der Waals surface area contributed by atoms with Gasteiger partial charge in [0.05, 0.1) is 28.8 Å². The van der Waals surface area contributed by atoms with Crippen molar-refractivity contribution in [3.05, 3.63) is 110 Å². The van der Waals surface area contributed by atoms with E-state index in [0.717, 1.165) is 24.5 Å². The second-order valence-electron chi connectivity index (χ2n) is 10.8. The quantitative estimate of drug-likeness (QED) is 0.146. The number of para-hydroxylation sites is 1. The van der Waals surface area contributed by atoms with E-state index < -0.39 is 15.8 Å². The monoisotopic (exact) mass is 667 g/mol. The van der Waals surface area contributed by atoms with Crippen molar-refractivity contribution in [2.75, 3.05) is 11.3 Å². The summed E-state index contributed by atoms with van der Waals surface area (Å²) >= 11 is 6.41. The Labute approximate surface area is 271 Å². The number of nitrogens with zero attached hydrogens (tertiary/aromatic N) is 4. The zero-order valence-electron chi connectivity index (χ0n) is 26.0. The molecular formula is C33H35ClFN5O5S. The maximum atomic E-state index is 14.7. The highest BCUT2D eigenvalue weighted by atomic mass is 35.5. The molecule has 0 unspecified atom stereocenters. The van der Waals surface area contributed by atoms with Crippen molar-refractivity contribution >= 4 is 27.4 Å². The number of ether oxygens (including phenoxy) is 1. The van der Waals surface area contributed by atoms with Crippen molar-refractivity contribution in [1.29, 1.82) is 0 Å². The maximum Gasteiger partial charge on any atom is 0.351 e. The Kier molecular flexibility index (Phi) is 10.1. The van der Waals surface area contributed by atoms with E-state index in [0.29, 0.717) is 52.0 Å². The Balaban J connectivity index is 1.58. The van der Waals surface area contributed by atoms with Crippen LogP contribution in [-0.2, 0) is 34.3 Å². The fourth-order valence-electron chi connectivity index (χ4n) is 5.06. The van der Waals surface area contributed by atoms with Gasteiger partial charge < -0.3 is 9.26 Å². The average Bonchev–Trinajstić information content (AvgIpc) is 3.51. The van der Waals surface area contributed by atoms with Gasteiger partial charge in [-0.1, -0.05) is 60.4 Å². The van der Waals surface area contributed by atoms with Gasteiger partial charge in [-0.3, -0.25) is 9.29 Å². The predicted molar refractivity (Wildman–Crippen MR) is 174 cm³/mol. The third kappa shape index (κ3) is 6.93. The fourth-order valence-corrected chi connectivity index (χ4v) is 6.54. The number of sulfonamides is 1. The Morgan fingerprint density at radius 1 is 1.04 bits per heavy atom. The first-order chi connectivity index (χ1) is 22.0. The molecule has 0 radical (unpaired) electrons. The Hall–Kier alpha value is -4.26. The van der Waals surface area contributed by atoms with Gasteiger partial charge in [-0.15, -0.1) is 5.10 Å². The van der Waals surface area contributed by atoms with Gasteiger partial charge in [0, 0.05) is 24.2 Å². The van der Waals surface area contributed by atoms with Crippen LogP contribution in [0.15, 0.2) is 74.9 Å². The van der Waals surface area contributed by atoms with Gasteiger partial charge in [0.15, 0.2) is 5.82 Å². The first-order valence-electron chi connectivity index (χ1n) is 14.9. The van der Waals surface area contributed by atoms with Crippen LogP contribution in [0.2, 0.25) is 5.02 Å². The summed E-state index contributed by atoms with van der Waals surface area (Å²) in [4.78, 5) is 13.5. The number of aromatic nitrogens is 4. The molecule has 3 aromatic carbocycles. The molecule has 0 atom stereocenters. The number of benzene rings is 3. The molecule has 0 aliphatic carbocycles. The number of aryl methyl sites for hydroxylation is 2. The summed E-state index contributed by atoms with van der Waals surface area (Å²) < 4.78 is 58.2. The Bertz CT molecular complexity index is 2040. The largest absolute Gasteiger partial charge is 0.377 e. The Morgan fingerprint density at radius 3 is 2.52 bits per heavy atom. The average molecular weight is 668 g/mol. The zero-order valence-corrected chi connectivity index (χ0v) is 27.6. The molecule has 0 amide bonds. The summed E-state index contributed by atoms with van der Waals surface area (Å²) in [6.45, 7) is 7.99. The summed E-state index contributed by atoms with van der Waals surface area (Å²) in [7, 11) is -4.21. The van der Waals surface area contributed by atoms with Gasteiger partial charge in [-0.2, -0.15) is 4.68 Å². The molecule has 0 saturated carbocycles. The van der Waals surface area contributed by atoms with E-state index in [-0.39, 0.29) is 35.1 Å². The molecule has 46 heavy (non-hydrogen) atoms. The van der Waals surface area contributed by atoms with Crippen LogP contribution in [-0.4, -0.2) is 34.5 Å². The molecule has 0 saturated heterocycles. The van der Waals surface area contributed by atoms with Crippen molar-refractivity contribution in [3.63, 3.8) is 0 Å². The van der Waals surface area contributed by atoms with Crippen LogP contribution < -0.4 is 10.4 Å². The van der Waals surface area contributed by atoms with Gasteiger partial charge in [0.2, 0.25) is 0 Å². The predicted octanol–water partition coefficient (Wildman–Crippen LogP) is 6.83. The summed E-state index contributed by atoms with van der Waals surface area (Å²) in [5.41, 5.74) is 2.69. The van der Waals surface area contributed by atoms with Crippen molar-refractivity contribution in [2.24, 2.45) is 0 Å². The standard InChI is InChI=1S/C33H35ClFN5O5S/c1-5-7-12-31-36-40(29-11-9-8-10-28(29)34)33(41)39(31)19-23-13-15-26(24(17-23)20-44-6-2)27-18-25(35)14-16-30(27)46(42,43)38-32-21(3)22(4)45-37-32/h8-11,13-18H,5-7,12,19-20H2,1-4H3,(H,37,38). The van der Waals surface area contributed by atoms with E-state index in [2.05, 4.69) is 21.9 Å². The number of halogens is 2. The van der Waals surface area contributed by atoms with Gasteiger partial charge >= 0.3 is 5.69 Å². The first-order valence-corrected chi connectivity index (χ1v) is 16.8. The smallest absolute Gasteiger partial charge is 0.351 e. The van der Waals surface area contributed by atoms with Crippen LogP contribution >= 0.6 is 11.6 Å².